The molecule has 2 heterocycles. The third-order valence-corrected chi connectivity index (χ3v) is 3.28. The topological polar surface area (TPSA) is 28.4 Å². The first-order valence-corrected chi connectivity index (χ1v) is 6.24. The Labute approximate surface area is 97.8 Å². The molecule has 1 aromatic rings. The van der Waals surface area contributed by atoms with Gasteiger partial charge in [-0.1, -0.05) is 6.92 Å². The summed E-state index contributed by atoms with van der Waals surface area (Å²) >= 11 is 0. The number of nitrogens with one attached hydrogen (secondary N) is 1. The van der Waals surface area contributed by atoms with Gasteiger partial charge in [0, 0.05) is 25.2 Å². The van der Waals surface area contributed by atoms with Gasteiger partial charge in [0.05, 0.1) is 12.3 Å². The van der Waals surface area contributed by atoms with E-state index in [1.807, 2.05) is 6.07 Å². The quantitative estimate of drug-likeness (QED) is 0.851. The summed E-state index contributed by atoms with van der Waals surface area (Å²) in [6.45, 7) is 8.92. The van der Waals surface area contributed by atoms with E-state index in [1.54, 1.807) is 6.26 Å². The highest BCUT2D eigenvalue weighted by Gasteiger charge is 2.28. The fourth-order valence-electron chi connectivity index (χ4n) is 2.74. The molecular formula is C13H22N2O. The predicted molar refractivity (Wildman–Crippen MR) is 65.4 cm³/mol. The Bertz CT molecular complexity index is 300. The maximum atomic E-state index is 5.55. The Morgan fingerprint density at radius 1 is 1.44 bits per heavy atom. The van der Waals surface area contributed by atoms with Crippen LogP contribution in [0.1, 0.15) is 39.0 Å². The molecule has 3 nitrogen and oxygen atoms in total. The molecule has 0 aromatic carbocycles. The number of furan rings is 1. The van der Waals surface area contributed by atoms with Crippen LogP contribution >= 0.6 is 0 Å². The van der Waals surface area contributed by atoms with Crippen LogP contribution in [-0.2, 0) is 0 Å². The van der Waals surface area contributed by atoms with Crippen molar-refractivity contribution >= 4 is 0 Å². The first kappa shape index (κ1) is 11.7. The Morgan fingerprint density at radius 3 is 2.62 bits per heavy atom. The largest absolute Gasteiger partial charge is 0.468 e. The number of nitrogens with zero attached hydrogens (tertiary/aromatic N) is 1. The number of hydrogen-bond donors (Lipinski definition) is 1. The number of hydrogen-bond acceptors (Lipinski definition) is 3. The molecule has 2 rings (SSSR count). The molecule has 90 valence electrons. The van der Waals surface area contributed by atoms with Crippen molar-refractivity contribution in [3.63, 3.8) is 0 Å². The minimum Gasteiger partial charge on any atom is -0.468 e. The molecule has 3 unspecified atom stereocenters. The summed E-state index contributed by atoms with van der Waals surface area (Å²) < 4.78 is 5.55. The van der Waals surface area contributed by atoms with E-state index in [9.17, 15) is 0 Å². The molecule has 0 saturated carbocycles. The molecule has 1 aliphatic heterocycles. The van der Waals surface area contributed by atoms with Gasteiger partial charge in [-0.05, 0) is 32.4 Å². The lowest BCUT2D eigenvalue weighted by Crippen LogP contribution is -2.54. The fraction of sp³-hybridized carbons (Fsp3) is 0.692. The lowest BCUT2D eigenvalue weighted by molar-refractivity contribution is 0.107. The van der Waals surface area contributed by atoms with Crippen LogP contribution in [0.4, 0.5) is 0 Å². The minimum atomic E-state index is 0.432. The summed E-state index contributed by atoms with van der Waals surface area (Å²) in [6, 6.07) is 5.63. The molecule has 3 heteroatoms. The normalized spacial score (nSPS) is 29.2. The minimum absolute atomic E-state index is 0.432. The Balaban J connectivity index is 2.09. The van der Waals surface area contributed by atoms with E-state index in [1.165, 1.54) is 0 Å². The molecule has 16 heavy (non-hydrogen) atoms. The fourth-order valence-corrected chi connectivity index (χ4v) is 2.74. The van der Waals surface area contributed by atoms with Gasteiger partial charge >= 0.3 is 0 Å². The lowest BCUT2D eigenvalue weighted by Gasteiger charge is -2.39. The summed E-state index contributed by atoms with van der Waals surface area (Å²) in [5.41, 5.74) is 0. The zero-order valence-electron chi connectivity index (χ0n) is 10.4. The van der Waals surface area contributed by atoms with Crippen molar-refractivity contribution in [1.29, 1.82) is 0 Å². The van der Waals surface area contributed by atoms with Crippen LogP contribution in [0.3, 0.4) is 0 Å². The molecule has 1 saturated heterocycles. The SMILES string of the molecule is CCC(c1ccco1)N1CC(C)NC(C)C1. The molecule has 1 N–H and O–H groups in total. The monoisotopic (exact) mass is 222 g/mol. The first-order valence-electron chi connectivity index (χ1n) is 6.24. The zero-order valence-corrected chi connectivity index (χ0v) is 10.4. The van der Waals surface area contributed by atoms with E-state index < -0.39 is 0 Å². The average Bonchev–Trinajstić information content (AvgIpc) is 2.70. The summed E-state index contributed by atoms with van der Waals surface area (Å²) in [6.07, 6.45) is 2.88. The van der Waals surface area contributed by atoms with E-state index in [2.05, 4.69) is 37.1 Å². The second-order valence-electron chi connectivity index (χ2n) is 4.86. The molecular weight excluding hydrogens is 200 g/mol. The Hall–Kier alpha value is -0.800. The molecule has 1 fully saturated rings. The predicted octanol–water partition coefficient (Wildman–Crippen LogP) is 2.41. The molecule has 0 radical (unpaired) electrons. The smallest absolute Gasteiger partial charge is 0.120 e. The highest BCUT2D eigenvalue weighted by molar-refractivity contribution is 5.05. The first-order chi connectivity index (χ1) is 7.70. The van der Waals surface area contributed by atoms with Gasteiger partial charge in [-0.15, -0.1) is 0 Å². The summed E-state index contributed by atoms with van der Waals surface area (Å²) in [5, 5.41) is 3.56. The van der Waals surface area contributed by atoms with Crippen LogP contribution in [0, 0.1) is 0 Å². The molecule has 0 amide bonds. The maximum absolute atomic E-state index is 5.55. The summed E-state index contributed by atoms with van der Waals surface area (Å²) in [5.74, 6) is 1.10. The van der Waals surface area contributed by atoms with Crippen LogP contribution < -0.4 is 5.32 Å². The van der Waals surface area contributed by atoms with Crippen molar-refractivity contribution in [1.82, 2.24) is 10.2 Å². The standard InChI is InChI=1S/C13H22N2O/c1-4-12(13-6-5-7-16-13)15-8-10(2)14-11(3)9-15/h5-7,10-12,14H,4,8-9H2,1-3H3. The van der Waals surface area contributed by atoms with Gasteiger partial charge in [-0.2, -0.15) is 0 Å². The van der Waals surface area contributed by atoms with Gasteiger partial charge in [-0.3, -0.25) is 4.90 Å². The van der Waals surface area contributed by atoms with Crippen LogP contribution in [0.25, 0.3) is 0 Å². The van der Waals surface area contributed by atoms with Crippen molar-refractivity contribution in [2.75, 3.05) is 13.1 Å². The van der Waals surface area contributed by atoms with Gasteiger partial charge in [0.1, 0.15) is 5.76 Å². The van der Waals surface area contributed by atoms with E-state index in [-0.39, 0.29) is 0 Å². The highest BCUT2D eigenvalue weighted by atomic mass is 16.3. The van der Waals surface area contributed by atoms with Gasteiger partial charge in [0.15, 0.2) is 0 Å². The van der Waals surface area contributed by atoms with Crippen LogP contribution in [0.5, 0.6) is 0 Å². The maximum Gasteiger partial charge on any atom is 0.120 e. The van der Waals surface area contributed by atoms with Gasteiger partial charge in [0.2, 0.25) is 0 Å². The van der Waals surface area contributed by atoms with Crippen molar-refractivity contribution in [3.8, 4) is 0 Å². The molecule has 0 spiro atoms. The van der Waals surface area contributed by atoms with Gasteiger partial charge < -0.3 is 9.73 Å². The number of piperazine rings is 1. The van der Waals surface area contributed by atoms with E-state index >= 15 is 0 Å². The second-order valence-corrected chi connectivity index (χ2v) is 4.86. The van der Waals surface area contributed by atoms with E-state index in [0.29, 0.717) is 18.1 Å². The zero-order chi connectivity index (χ0) is 11.5. The van der Waals surface area contributed by atoms with Crippen molar-refractivity contribution in [2.45, 2.75) is 45.3 Å². The Kier molecular flexibility index (Phi) is 3.66. The van der Waals surface area contributed by atoms with Gasteiger partial charge in [0.25, 0.3) is 0 Å². The highest BCUT2D eigenvalue weighted by Crippen LogP contribution is 2.26. The number of rotatable bonds is 3. The van der Waals surface area contributed by atoms with Crippen molar-refractivity contribution in [3.05, 3.63) is 24.2 Å². The third-order valence-electron chi connectivity index (χ3n) is 3.28. The Morgan fingerprint density at radius 2 is 2.12 bits per heavy atom. The molecule has 3 atom stereocenters. The van der Waals surface area contributed by atoms with Crippen molar-refractivity contribution < 1.29 is 4.42 Å². The summed E-state index contributed by atoms with van der Waals surface area (Å²) in [4.78, 5) is 2.53. The lowest BCUT2D eigenvalue weighted by atomic mass is 10.1. The second kappa shape index (κ2) is 5.02. The molecule has 0 aliphatic carbocycles. The molecule has 0 bridgehead atoms. The molecule has 1 aromatic heterocycles. The van der Waals surface area contributed by atoms with E-state index in [0.717, 1.165) is 25.3 Å². The third kappa shape index (κ3) is 2.47. The summed E-state index contributed by atoms with van der Waals surface area (Å²) in [7, 11) is 0. The van der Waals surface area contributed by atoms with Crippen LogP contribution in [0.15, 0.2) is 22.8 Å². The molecule has 1 aliphatic rings. The van der Waals surface area contributed by atoms with Gasteiger partial charge in [-0.25, -0.2) is 0 Å². The van der Waals surface area contributed by atoms with Crippen LogP contribution in [-0.4, -0.2) is 30.1 Å². The van der Waals surface area contributed by atoms with Crippen LogP contribution in [0.2, 0.25) is 0 Å². The average molecular weight is 222 g/mol. The van der Waals surface area contributed by atoms with E-state index in [4.69, 9.17) is 4.42 Å². The van der Waals surface area contributed by atoms with Crippen molar-refractivity contribution in [2.24, 2.45) is 0 Å².